The topological polar surface area (TPSA) is 55.6 Å². The lowest BCUT2D eigenvalue weighted by molar-refractivity contribution is -0.384. The molecule has 2 heterocycles. The van der Waals surface area contributed by atoms with Crippen LogP contribution in [0.15, 0.2) is 48.5 Å². The van der Waals surface area contributed by atoms with Crippen LogP contribution in [0.3, 0.4) is 0 Å². The summed E-state index contributed by atoms with van der Waals surface area (Å²) in [5.74, 6) is 0.688. The molecule has 6 heteroatoms. The summed E-state index contributed by atoms with van der Waals surface area (Å²) in [6, 6.07) is 13.3. The van der Waals surface area contributed by atoms with Crippen LogP contribution in [0.2, 0.25) is 0 Å². The Hall–Kier alpha value is -2.34. The fourth-order valence-electron chi connectivity index (χ4n) is 4.71. The Bertz CT molecular complexity index is 988. The van der Waals surface area contributed by atoms with Crippen molar-refractivity contribution in [2.24, 2.45) is 0 Å². The van der Waals surface area contributed by atoms with E-state index in [0.717, 1.165) is 23.9 Å². The number of fused-ring (bicyclic) bond motifs is 2. The molecule has 158 valence electrons. The first-order valence-electron chi connectivity index (χ1n) is 10.5. The molecule has 0 bridgehead atoms. The SMILES string of the molecule is CC1(C)c2ccccc2N(CCCCCCBr)C12C=Cc1cc([N+](=O)[O-])ccc1O2. The second-order valence-electron chi connectivity index (χ2n) is 8.51. The molecule has 2 aliphatic heterocycles. The molecule has 2 aliphatic rings. The number of alkyl halides is 1. The minimum Gasteiger partial charge on any atom is -0.463 e. The van der Waals surface area contributed by atoms with Crippen LogP contribution in [-0.2, 0) is 5.41 Å². The summed E-state index contributed by atoms with van der Waals surface area (Å²) >= 11 is 3.51. The van der Waals surface area contributed by atoms with E-state index in [1.807, 2.05) is 6.08 Å². The average molecular weight is 471 g/mol. The zero-order valence-corrected chi connectivity index (χ0v) is 19.0. The van der Waals surface area contributed by atoms with Crippen LogP contribution in [-0.4, -0.2) is 22.5 Å². The molecule has 0 saturated carbocycles. The second-order valence-corrected chi connectivity index (χ2v) is 9.30. The van der Waals surface area contributed by atoms with E-state index in [4.69, 9.17) is 4.74 Å². The number of hydrogen-bond acceptors (Lipinski definition) is 4. The Morgan fingerprint density at radius 3 is 2.63 bits per heavy atom. The molecule has 1 unspecified atom stereocenters. The Balaban J connectivity index is 1.71. The normalized spacial score (nSPS) is 20.7. The van der Waals surface area contributed by atoms with E-state index in [0.29, 0.717) is 5.75 Å². The van der Waals surface area contributed by atoms with Crippen molar-refractivity contribution in [2.45, 2.75) is 50.7 Å². The van der Waals surface area contributed by atoms with E-state index >= 15 is 0 Å². The first-order chi connectivity index (χ1) is 14.4. The molecule has 0 aromatic heterocycles. The Labute approximate surface area is 186 Å². The second kappa shape index (κ2) is 8.06. The van der Waals surface area contributed by atoms with Gasteiger partial charge in [0.15, 0.2) is 0 Å². The van der Waals surface area contributed by atoms with Crippen molar-refractivity contribution in [3.8, 4) is 5.75 Å². The smallest absolute Gasteiger partial charge is 0.270 e. The highest BCUT2D eigenvalue weighted by Crippen LogP contribution is 2.55. The Morgan fingerprint density at radius 1 is 1.10 bits per heavy atom. The molecule has 0 aliphatic carbocycles. The molecule has 5 nitrogen and oxygen atoms in total. The zero-order valence-electron chi connectivity index (χ0n) is 17.4. The monoisotopic (exact) mass is 470 g/mol. The summed E-state index contributed by atoms with van der Waals surface area (Å²) < 4.78 is 6.71. The number of unbranched alkanes of at least 4 members (excludes halogenated alkanes) is 3. The first-order valence-corrected chi connectivity index (χ1v) is 11.6. The summed E-state index contributed by atoms with van der Waals surface area (Å²) in [6.45, 7) is 5.34. The van der Waals surface area contributed by atoms with E-state index in [1.54, 1.807) is 12.1 Å². The van der Waals surface area contributed by atoms with Crippen LogP contribution >= 0.6 is 15.9 Å². The van der Waals surface area contributed by atoms with Crippen LogP contribution in [0.1, 0.15) is 50.7 Å². The predicted molar refractivity (Wildman–Crippen MR) is 125 cm³/mol. The number of hydrogen-bond donors (Lipinski definition) is 0. The van der Waals surface area contributed by atoms with Crippen LogP contribution < -0.4 is 9.64 Å². The van der Waals surface area contributed by atoms with E-state index < -0.39 is 5.72 Å². The molecular weight excluding hydrogens is 444 g/mol. The number of ether oxygens (including phenoxy) is 1. The molecule has 0 radical (unpaired) electrons. The van der Waals surface area contributed by atoms with Gasteiger partial charge in [-0.15, -0.1) is 0 Å². The number of benzene rings is 2. The Kier molecular flexibility index (Phi) is 5.62. The van der Waals surface area contributed by atoms with Gasteiger partial charge in [-0.3, -0.25) is 10.1 Å². The van der Waals surface area contributed by atoms with E-state index in [1.165, 1.54) is 36.6 Å². The summed E-state index contributed by atoms with van der Waals surface area (Å²) in [6.07, 6.45) is 8.74. The van der Waals surface area contributed by atoms with Crippen molar-refractivity contribution in [1.29, 1.82) is 0 Å². The quantitative estimate of drug-likeness (QED) is 0.202. The maximum absolute atomic E-state index is 11.2. The number of nitrogens with zero attached hydrogens (tertiary/aromatic N) is 2. The number of nitro groups is 1. The summed E-state index contributed by atoms with van der Waals surface area (Å²) in [5.41, 5.74) is 2.36. The zero-order chi connectivity index (χ0) is 21.4. The summed E-state index contributed by atoms with van der Waals surface area (Å²) in [7, 11) is 0. The minimum absolute atomic E-state index is 0.0792. The maximum atomic E-state index is 11.2. The number of anilines is 1. The van der Waals surface area contributed by atoms with Gasteiger partial charge < -0.3 is 9.64 Å². The van der Waals surface area contributed by atoms with Crippen molar-refractivity contribution in [3.05, 3.63) is 69.8 Å². The van der Waals surface area contributed by atoms with Crippen molar-refractivity contribution in [1.82, 2.24) is 0 Å². The van der Waals surface area contributed by atoms with Crippen molar-refractivity contribution >= 4 is 33.4 Å². The lowest BCUT2D eigenvalue weighted by atomic mass is 9.76. The van der Waals surface area contributed by atoms with Gasteiger partial charge in [-0.25, -0.2) is 0 Å². The summed E-state index contributed by atoms with van der Waals surface area (Å²) in [5, 5.41) is 12.2. The molecule has 30 heavy (non-hydrogen) atoms. The highest BCUT2D eigenvalue weighted by Gasteiger charge is 2.58. The molecule has 4 rings (SSSR count). The third-order valence-corrected chi connectivity index (χ3v) is 6.95. The molecule has 0 N–H and O–H groups in total. The summed E-state index contributed by atoms with van der Waals surface area (Å²) in [4.78, 5) is 13.2. The first kappa shape index (κ1) is 20.9. The highest BCUT2D eigenvalue weighted by molar-refractivity contribution is 9.09. The Morgan fingerprint density at radius 2 is 1.87 bits per heavy atom. The standard InChI is InChI=1S/C24H27BrN2O3/c1-23(2)20-9-5-6-10-21(20)26(16-8-4-3-7-15-25)24(23)14-13-18-17-19(27(28)29)11-12-22(18)30-24/h5-6,9-14,17H,3-4,7-8,15-16H2,1-2H3. The van der Waals surface area contributed by atoms with Gasteiger partial charge >= 0.3 is 0 Å². The maximum Gasteiger partial charge on any atom is 0.270 e. The van der Waals surface area contributed by atoms with Crippen molar-refractivity contribution in [2.75, 3.05) is 16.8 Å². The van der Waals surface area contributed by atoms with E-state index in [-0.39, 0.29) is 16.0 Å². The molecule has 0 saturated heterocycles. The minimum atomic E-state index is -0.657. The van der Waals surface area contributed by atoms with Crippen LogP contribution in [0.4, 0.5) is 11.4 Å². The molecule has 2 aromatic carbocycles. The molecule has 0 fully saturated rings. The van der Waals surface area contributed by atoms with Gasteiger partial charge in [-0.05, 0) is 56.5 Å². The third kappa shape index (κ3) is 3.31. The number of non-ortho nitro benzene ring substituents is 1. The lowest BCUT2D eigenvalue weighted by Crippen LogP contribution is -2.59. The highest BCUT2D eigenvalue weighted by atomic mass is 79.9. The number of rotatable bonds is 7. The van der Waals surface area contributed by atoms with E-state index in [2.05, 4.69) is 65.0 Å². The molecular formula is C24H27BrN2O3. The fourth-order valence-corrected chi connectivity index (χ4v) is 5.11. The molecule has 1 atom stereocenters. The number of para-hydroxylation sites is 1. The molecule has 1 spiro atoms. The predicted octanol–water partition coefficient (Wildman–Crippen LogP) is 6.45. The van der Waals surface area contributed by atoms with Crippen LogP contribution in [0, 0.1) is 10.1 Å². The van der Waals surface area contributed by atoms with Crippen LogP contribution in [0.5, 0.6) is 5.75 Å². The lowest BCUT2D eigenvalue weighted by Gasteiger charge is -2.47. The van der Waals surface area contributed by atoms with Crippen LogP contribution in [0.25, 0.3) is 6.08 Å². The van der Waals surface area contributed by atoms with Gasteiger partial charge in [0.1, 0.15) is 5.75 Å². The fraction of sp³-hybridized carbons (Fsp3) is 0.417. The third-order valence-electron chi connectivity index (χ3n) is 6.39. The van der Waals surface area contributed by atoms with Gasteiger partial charge in [0.05, 0.1) is 10.3 Å². The number of nitro benzene ring substituents is 1. The van der Waals surface area contributed by atoms with Crippen molar-refractivity contribution < 1.29 is 9.66 Å². The molecule has 2 aromatic rings. The van der Waals surface area contributed by atoms with Gasteiger partial charge in [0.2, 0.25) is 5.72 Å². The van der Waals surface area contributed by atoms with E-state index in [9.17, 15) is 10.1 Å². The van der Waals surface area contributed by atoms with Crippen molar-refractivity contribution in [3.63, 3.8) is 0 Å². The molecule has 0 amide bonds. The number of halogens is 1. The van der Waals surface area contributed by atoms with Gasteiger partial charge in [0, 0.05) is 35.3 Å². The average Bonchev–Trinajstić information content (AvgIpc) is 2.92. The van der Waals surface area contributed by atoms with Gasteiger partial charge in [-0.2, -0.15) is 0 Å². The van der Waals surface area contributed by atoms with Gasteiger partial charge in [-0.1, -0.05) is 47.0 Å². The largest absolute Gasteiger partial charge is 0.463 e. The van der Waals surface area contributed by atoms with Gasteiger partial charge in [0.25, 0.3) is 5.69 Å².